The third-order valence-electron chi connectivity index (χ3n) is 3.92. The lowest BCUT2D eigenvalue weighted by Gasteiger charge is -2.28. The topological polar surface area (TPSA) is 40.5 Å². The van der Waals surface area contributed by atoms with Crippen LogP contribution in [0, 0.1) is 0 Å². The summed E-state index contributed by atoms with van der Waals surface area (Å²) >= 11 is 0. The first kappa shape index (κ1) is 14.5. The summed E-state index contributed by atoms with van der Waals surface area (Å²) in [7, 11) is 3.93. The Bertz CT molecular complexity index is 616. The van der Waals surface area contributed by atoms with Crippen molar-refractivity contribution in [3.8, 4) is 0 Å². The van der Waals surface area contributed by atoms with Gasteiger partial charge >= 0.3 is 5.97 Å². The monoisotopic (exact) mass is 271 g/mol. The van der Waals surface area contributed by atoms with Crippen LogP contribution in [0.1, 0.15) is 18.9 Å². The van der Waals surface area contributed by atoms with Crippen molar-refractivity contribution in [2.75, 3.05) is 20.6 Å². The summed E-state index contributed by atoms with van der Waals surface area (Å²) < 4.78 is 0. The van der Waals surface area contributed by atoms with Gasteiger partial charge in [-0.05, 0) is 50.3 Å². The van der Waals surface area contributed by atoms with E-state index in [4.69, 9.17) is 0 Å². The van der Waals surface area contributed by atoms with Crippen LogP contribution in [0.3, 0.4) is 0 Å². The second-order valence-corrected chi connectivity index (χ2v) is 5.72. The molecule has 0 fully saturated rings. The van der Waals surface area contributed by atoms with E-state index in [-0.39, 0.29) is 0 Å². The predicted octanol–water partition coefficient (Wildman–Crippen LogP) is 3.13. The minimum atomic E-state index is -0.870. The lowest BCUT2D eigenvalue weighted by molar-refractivity contribution is -0.143. The predicted molar refractivity (Wildman–Crippen MR) is 82.1 cm³/mol. The molecule has 0 heterocycles. The van der Waals surface area contributed by atoms with Crippen molar-refractivity contribution in [1.29, 1.82) is 0 Å². The number of carbonyl (C=O) groups is 1. The first-order valence-corrected chi connectivity index (χ1v) is 6.81. The minimum Gasteiger partial charge on any atom is -0.481 e. The molecule has 0 aliphatic heterocycles. The molecule has 0 bridgehead atoms. The molecule has 2 aromatic carbocycles. The van der Waals surface area contributed by atoms with E-state index < -0.39 is 11.4 Å². The lowest BCUT2D eigenvalue weighted by atomic mass is 9.77. The number of rotatable bonds is 5. The Kier molecular flexibility index (Phi) is 4.09. The number of hydrogen-bond acceptors (Lipinski definition) is 2. The van der Waals surface area contributed by atoms with Crippen LogP contribution in [-0.2, 0) is 10.2 Å². The van der Waals surface area contributed by atoms with Gasteiger partial charge in [0.1, 0.15) is 0 Å². The van der Waals surface area contributed by atoms with E-state index in [0.717, 1.165) is 22.9 Å². The van der Waals surface area contributed by atoms with Crippen LogP contribution in [0.15, 0.2) is 42.5 Å². The molecule has 1 atom stereocenters. The fourth-order valence-electron chi connectivity index (χ4n) is 2.51. The van der Waals surface area contributed by atoms with Crippen LogP contribution in [-0.4, -0.2) is 36.6 Å². The van der Waals surface area contributed by atoms with Crippen molar-refractivity contribution in [2.24, 2.45) is 0 Å². The highest BCUT2D eigenvalue weighted by atomic mass is 16.4. The van der Waals surface area contributed by atoms with Gasteiger partial charge < -0.3 is 10.0 Å². The van der Waals surface area contributed by atoms with Gasteiger partial charge in [0.25, 0.3) is 0 Å². The van der Waals surface area contributed by atoms with Crippen LogP contribution in [0.5, 0.6) is 0 Å². The van der Waals surface area contributed by atoms with E-state index in [1.54, 1.807) is 0 Å². The highest BCUT2D eigenvalue weighted by Gasteiger charge is 2.36. The van der Waals surface area contributed by atoms with Crippen molar-refractivity contribution in [1.82, 2.24) is 4.90 Å². The Morgan fingerprint density at radius 2 is 1.80 bits per heavy atom. The Morgan fingerprint density at radius 3 is 2.45 bits per heavy atom. The molecule has 3 heteroatoms. The van der Waals surface area contributed by atoms with Gasteiger partial charge in [-0.1, -0.05) is 42.5 Å². The van der Waals surface area contributed by atoms with Gasteiger partial charge in [-0.15, -0.1) is 0 Å². The molecule has 0 spiro atoms. The summed E-state index contributed by atoms with van der Waals surface area (Å²) in [5.74, 6) is -0.768. The number of aliphatic carboxylic acids is 1. The second kappa shape index (κ2) is 5.63. The number of benzene rings is 2. The Balaban J connectivity index is 2.54. The van der Waals surface area contributed by atoms with Crippen molar-refractivity contribution in [3.63, 3.8) is 0 Å². The molecule has 0 amide bonds. The number of carboxylic acids is 1. The molecule has 2 aromatic rings. The van der Waals surface area contributed by atoms with Crippen LogP contribution < -0.4 is 0 Å². The smallest absolute Gasteiger partial charge is 0.313 e. The molecule has 106 valence electrons. The maximum absolute atomic E-state index is 11.9. The molecular weight excluding hydrogens is 250 g/mol. The molecule has 0 radical (unpaired) electrons. The van der Waals surface area contributed by atoms with Gasteiger partial charge in [0.2, 0.25) is 0 Å². The standard InChI is InChI=1S/C17H21NO2/c1-17(16(19)20,11-12-18(2)3)15-10-6-8-13-7-4-5-9-14(13)15/h4-10H,11-12H2,1-3H3,(H,19,20). The van der Waals surface area contributed by atoms with Gasteiger partial charge in [0.15, 0.2) is 0 Å². The molecule has 0 aliphatic carbocycles. The molecule has 0 aromatic heterocycles. The van der Waals surface area contributed by atoms with Crippen LogP contribution in [0.25, 0.3) is 10.8 Å². The molecule has 2 rings (SSSR count). The average Bonchev–Trinajstić information content (AvgIpc) is 2.44. The molecule has 3 nitrogen and oxygen atoms in total. The number of hydrogen-bond donors (Lipinski definition) is 1. The normalized spacial score (nSPS) is 14.4. The van der Waals surface area contributed by atoms with E-state index >= 15 is 0 Å². The molecule has 0 saturated carbocycles. The summed E-state index contributed by atoms with van der Waals surface area (Å²) in [5.41, 5.74) is 0.0236. The number of fused-ring (bicyclic) bond motifs is 1. The second-order valence-electron chi connectivity index (χ2n) is 5.72. The summed E-state index contributed by atoms with van der Waals surface area (Å²) in [6, 6.07) is 13.9. The van der Waals surface area contributed by atoms with Gasteiger partial charge in [-0.2, -0.15) is 0 Å². The van der Waals surface area contributed by atoms with E-state index in [1.165, 1.54) is 0 Å². The summed E-state index contributed by atoms with van der Waals surface area (Å²) in [6.07, 6.45) is 0.587. The zero-order chi connectivity index (χ0) is 14.8. The highest BCUT2D eigenvalue weighted by Crippen LogP contribution is 2.33. The first-order chi connectivity index (χ1) is 9.45. The van der Waals surface area contributed by atoms with E-state index in [1.807, 2.05) is 68.4 Å². The lowest BCUT2D eigenvalue weighted by Crippen LogP contribution is -2.36. The van der Waals surface area contributed by atoms with Crippen molar-refractivity contribution < 1.29 is 9.90 Å². The fourth-order valence-corrected chi connectivity index (χ4v) is 2.51. The van der Waals surface area contributed by atoms with E-state index in [0.29, 0.717) is 6.42 Å². The molecule has 1 unspecified atom stereocenters. The molecule has 0 saturated heterocycles. The average molecular weight is 271 g/mol. The first-order valence-electron chi connectivity index (χ1n) is 6.81. The van der Waals surface area contributed by atoms with Crippen molar-refractivity contribution >= 4 is 16.7 Å². The number of nitrogens with zero attached hydrogens (tertiary/aromatic N) is 1. The Labute approximate surface area is 119 Å². The van der Waals surface area contributed by atoms with Gasteiger partial charge in [0.05, 0.1) is 5.41 Å². The largest absolute Gasteiger partial charge is 0.481 e. The van der Waals surface area contributed by atoms with Gasteiger partial charge in [-0.25, -0.2) is 0 Å². The summed E-state index contributed by atoms with van der Waals surface area (Å²) in [6.45, 7) is 2.56. The summed E-state index contributed by atoms with van der Waals surface area (Å²) in [5, 5.41) is 11.9. The van der Waals surface area contributed by atoms with E-state index in [2.05, 4.69) is 0 Å². The van der Waals surface area contributed by atoms with Crippen LogP contribution in [0.2, 0.25) is 0 Å². The molecular formula is C17H21NO2. The summed E-state index contributed by atoms with van der Waals surface area (Å²) in [4.78, 5) is 13.9. The Morgan fingerprint density at radius 1 is 1.15 bits per heavy atom. The Hall–Kier alpha value is -1.87. The van der Waals surface area contributed by atoms with Gasteiger partial charge in [-0.3, -0.25) is 4.79 Å². The van der Waals surface area contributed by atoms with Crippen LogP contribution >= 0.6 is 0 Å². The maximum Gasteiger partial charge on any atom is 0.313 e. The molecule has 1 N–H and O–H groups in total. The quantitative estimate of drug-likeness (QED) is 0.908. The fraction of sp³-hybridized carbons (Fsp3) is 0.353. The molecule has 20 heavy (non-hydrogen) atoms. The maximum atomic E-state index is 11.9. The number of carboxylic acid groups (broad SMARTS) is 1. The van der Waals surface area contributed by atoms with Gasteiger partial charge in [0, 0.05) is 0 Å². The highest BCUT2D eigenvalue weighted by molar-refractivity contribution is 5.92. The van der Waals surface area contributed by atoms with Crippen molar-refractivity contribution in [3.05, 3.63) is 48.0 Å². The van der Waals surface area contributed by atoms with Crippen molar-refractivity contribution in [2.45, 2.75) is 18.8 Å². The third kappa shape index (κ3) is 2.68. The molecule has 0 aliphatic rings. The minimum absolute atomic E-state index is 0.587. The van der Waals surface area contributed by atoms with Crippen LogP contribution in [0.4, 0.5) is 0 Å². The third-order valence-corrected chi connectivity index (χ3v) is 3.92. The zero-order valence-electron chi connectivity index (χ0n) is 12.3. The zero-order valence-corrected chi connectivity index (χ0v) is 12.3. The van der Waals surface area contributed by atoms with E-state index in [9.17, 15) is 9.90 Å². The SMILES string of the molecule is CN(C)CCC(C)(C(=O)O)c1cccc2ccccc12.